The number of fused-ring (bicyclic) bond motifs is 1. The zero-order chi connectivity index (χ0) is 26.5. The van der Waals surface area contributed by atoms with E-state index < -0.39 is 38.2 Å². The van der Waals surface area contributed by atoms with Gasteiger partial charge in [0.15, 0.2) is 15.6 Å². The summed E-state index contributed by atoms with van der Waals surface area (Å²) in [4.78, 5) is 31.0. The van der Waals surface area contributed by atoms with Crippen LogP contribution in [0.15, 0.2) is 66.0 Å². The number of nitrogens with one attached hydrogen (secondary N) is 2. The number of rotatable bonds is 10. The fourth-order valence-corrected chi connectivity index (χ4v) is 6.95. The van der Waals surface area contributed by atoms with Crippen molar-refractivity contribution in [3.63, 3.8) is 0 Å². The molecule has 1 amide bonds. The third-order valence-corrected chi connectivity index (χ3v) is 9.87. The molecule has 2 aromatic heterocycles. The van der Waals surface area contributed by atoms with Gasteiger partial charge in [0.25, 0.3) is 0 Å². The van der Waals surface area contributed by atoms with Gasteiger partial charge in [0.2, 0.25) is 11.8 Å². The number of ketones is 1. The number of furan rings is 1. The van der Waals surface area contributed by atoms with Crippen LogP contribution in [0, 0.1) is 5.92 Å². The number of hydrogen-bond donors (Lipinski definition) is 2. The Balaban J connectivity index is 0.00000185. The molecule has 3 fully saturated rings. The molecule has 1 saturated heterocycles. The molecule has 2 saturated carbocycles. The minimum absolute atomic E-state index is 0. The Hall–Kier alpha value is -2.92. The van der Waals surface area contributed by atoms with E-state index >= 15 is 0 Å². The number of ether oxygens (including phenoxy) is 1. The third kappa shape index (κ3) is 5.76. The Kier molecular flexibility index (Phi) is 8.65. The molecule has 40 heavy (non-hydrogen) atoms. The number of amides is 1. The zero-order valence-corrected chi connectivity index (χ0v) is 24.0. The number of pyridine rings is 1. The lowest BCUT2D eigenvalue weighted by Gasteiger charge is -2.20. The highest BCUT2D eigenvalue weighted by atomic mass is 35.5. The summed E-state index contributed by atoms with van der Waals surface area (Å²) in [5.41, 5.74) is 0.360. The van der Waals surface area contributed by atoms with Gasteiger partial charge in [0, 0.05) is 29.8 Å². The van der Waals surface area contributed by atoms with Crippen LogP contribution >= 0.6 is 24.8 Å². The van der Waals surface area contributed by atoms with Crippen molar-refractivity contribution in [1.82, 2.24) is 15.6 Å². The molecular formula is C28H31Cl2N3O6S. The van der Waals surface area contributed by atoms with Crippen molar-refractivity contribution in [2.75, 3.05) is 12.3 Å². The Labute approximate surface area is 244 Å². The number of nitrogens with zero attached hydrogens (tertiary/aromatic N) is 1. The van der Waals surface area contributed by atoms with Gasteiger partial charge in [-0.3, -0.25) is 9.59 Å². The van der Waals surface area contributed by atoms with E-state index in [-0.39, 0.29) is 42.7 Å². The predicted octanol–water partition coefficient (Wildman–Crippen LogP) is 3.65. The molecule has 4 atom stereocenters. The predicted molar refractivity (Wildman–Crippen MR) is 156 cm³/mol. The molecule has 2 N–H and O–H groups in total. The lowest BCUT2D eigenvalue weighted by Crippen LogP contribution is -2.52. The monoisotopic (exact) mass is 607 g/mol. The standard InChI is InChI=1S/C28H29N3O6S.2ClH/c1-2-19-13-28(19,25(32)16-38(34,35)21-7-8-21)31-26(33)24-12-20(14-29-24)37-27-22-6-4-3-5-17(22)11-23(30-27)18-9-10-36-15-18;;/h2-6,9-11,15,19-21,24,29H,1,7-8,12-14,16H2,(H,31,33);2*1H/t19-,20-,24+,28-;;/m1../s1. The van der Waals surface area contributed by atoms with E-state index in [4.69, 9.17) is 14.1 Å². The quantitative estimate of drug-likeness (QED) is 0.334. The van der Waals surface area contributed by atoms with Gasteiger partial charge in [-0.05, 0) is 42.8 Å². The van der Waals surface area contributed by atoms with Gasteiger partial charge >= 0.3 is 0 Å². The van der Waals surface area contributed by atoms with Gasteiger partial charge in [-0.15, -0.1) is 31.4 Å². The normalized spacial score (nSPS) is 25.4. The second kappa shape index (κ2) is 11.5. The molecule has 0 bridgehead atoms. The first-order chi connectivity index (χ1) is 18.3. The number of benzene rings is 1. The fourth-order valence-electron chi connectivity index (χ4n) is 5.24. The van der Waals surface area contributed by atoms with E-state index in [1.807, 2.05) is 36.4 Å². The van der Waals surface area contributed by atoms with Crippen molar-refractivity contribution in [1.29, 1.82) is 0 Å². The van der Waals surface area contributed by atoms with E-state index in [0.29, 0.717) is 38.1 Å². The molecule has 3 aromatic rings. The van der Waals surface area contributed by atoms with Crippen molar-refractivity contribution < 1.29 is 27.2 Å². The number of carbonyl (C=O) groups excluding carboxylic acids is 2. The van der Waals surface area contributed by atoms with Crippen molar-refractivity contribution >= 4 is 57.1 Å². The van der Waals surface area contributed by atoms with Crippen LogP contribution in [0.25, 0.3) is 22.0 Å². The van der Waals surface area contributed by atoms with E-state index in [1.54, 1.807) is 18.6 Å². The summed E-state index contributed by atoms with van der Waals surface area (Å²) in [6, 6.07) is 11.0. The average Bonchev–Trinajstić information content (AvgIpc) is 3.76. The second-order valence-corrected chi connectivity index (χ2v) is 12.7. The first-order valence-corrected chi connectivity index (χ1v) is 14.5. The number of sulfone groups is 1. The van der Waals surface area contributed by atoms with Crippen molar-refractivity contribution in [3.8, 4) is 17.1 Å². The topological polar surface area (TPSA) is 128 Å². The zero-order valence-electron chi connectivity index (χ0n) is 21.6. The summed E-state index contributed by atoms with van der Waals surface area (Å²) in [6.07, 6.45) is 6.44. The SMILES string of the molecule is C=C[C@@H]1C[C@]1(NC(=O)[C@@H]1C[C@@H](Oc2nc(-c3ccoc3)cc3ccccc23)CN1)C(=O)CS(=O)(=O)C1CC1.Cl.Cl. The van der Waals surface area contributed by atoms with Crippen LogP contribution in [-0.2, 0) is 19.4 Å². The number of Topliss-reactive ketones (excluding diaryl/α,β-unsaturated/α-hetero) is 1. The summed E-state index contributed by atoms with van der Waals surface area (Å²) >= 11 is 0. The minimum Gasteiger partial charge on any atom is -0.472 e. The van der Waals surface area contributed by atoms with Crippen molar-refractivity contribution in [3.05, 3.63) is 61.6 Å². The minimum atomic E-state index is -3.48. The highest BCUT2D eigenvalue weighted by Gasteiger charge is 2.60. The Bertz CT molecular complexity index is 1530. The molecule has 1 aromatic carbocycles. The largest absolute Gasteiger partial charge is 0.472 e. The molecule has 3 heterocycles. The fraction of sp³-hybridized carbons (Fsp3) is 0.393. The summed E-state index contributed by atoms with van der Waals surface area (Å²) in [7, 11) is -3.48. The van der Waals surface area contributed by atoms with Gasteiger partial charge in [-0.25, -0.2) is 13.4 Å². The summed E-state index contributed by atoms with van der Waals surface area (Å²) in [5.74, 6) is -1.15. The number of carbonyl (C=O) groups is 2. The van der Waals surface area contributed by atoms with Crippen LogP contribution in [0.1, 0.15) is 25.7 Å². The van der Waals surface area contributed by atoms with Crippen LogP contribution in [0.4, 0.5) is 0 Å². The summed E-state index contributed by atoms with van der Waals surface area (Å²) in [6.45, 7) is 4.18. The van der Waals surface area contributed by atoms with Crippen LogP contribution < -0.4 is 15.4 Å². The number of aromatic nitrogens is 1. The van der Waals surface area contributed by atoms with Gasteiger partial charge in [0.05, 0.1) is 29.5 Å². The molecule has 3 aliphatic rings. The highest BCUT2D eigenvalue weighted by molar-refractivity contribution is 7.93. The molecule has 9 nitrogen and oxygen atoms in total. The molecule has 6 rings (SSSR count). The molecule has 214 valence electrons. The van der Waals surface area contributed by atoms with Crippen LogP contribution in [0.2, 0.25) is 0 Å². The van der Waals surface area contributed by atoms with Crippen molar-refractivity contribution in [2.45, 2.75) is 48.6 Å². The highest BCUT2D eigenvalue weighted by Crippen LogP contribution is 2.46. The number of hydrogen-bond acceptors (Lipinski definition) is 8. The van der Waals surface area contributed by atoms with E-state index in [2.05, 4.69) is 17.2 Å². The van der Waals surface area contributed by atoms with Gasteiger partial charge in [0.1, 0.15) is 17.4 Å². The molecule has 0 radical (unpaired) electrons. The first-order valence-electron chi connectivity index (χ1n) is 12.8. The van der Waals surface area contributed by atoms with E-state index in [9.17, 15) is 18.0 Å². The van der Waals surface area contributed by atoms with E-state index in [0.717, 1.165) is 22.0 Å². The molecule has 1 aliphatic heterocycles. The summed E-state index contributed by atoms with van der Waals surface area (Å²) in [5, 5.41) is 7.45. The third-order valence-electron chi connectivity index (χ3n) is 7.72. The van der Waals surface area contributed by atoms with Crippen LogP contribution in [-0.4, -0.2) is 60.3 Å². The van der Waals surface area contributed by atoms with Gasteiger partial charge in [-0.2, -0.15) is 0 Å². The molecule has 12 heteroatoms. The number of halogens is 2. The Morgan fingerprint density at radius 2 is 2.00 bits per heavy atom. The van der Waals surface area contributed by atoms with Crippen LogP contribution in [0.3, 0.4) is 0 Å². The molecular weight excluding hydrogens is 577 g/mol. The first kappa shape index (κ1) is 30.0. The Morgan fingerprint density at radius 1 is 1.23 bits per heavy atom. The maximum absolute atomic E-state index is 13.2. The average molecular weight is 609 g/mol. The lowest BCUT2D eigenvalue weighted by molar-refractivity contribution is -0.129. The van der Waals surface area contributed by atoms with Gasteiger partial charge < -0.3 is 19.8 Å². The lowest BCUT2D eigenvalue weighted by atomic mass is 10.1. The smallest absolute Gasteiger partial charge is 0.238 e. The molecule has 2 aliphatic carbocycles. The maximum atomic E-state index is 13.2. The second-order valence-electron chi connectivity index (χ2n) is 10.4. The van der Waals surface area contributed by atoms with E-state index in [1.165, 1.54) is 0 Å². The summed E-state index contributed by atoms with van der Waals surface area (Å²) < 4.78 is 36.4. The van der Waals surface area contributed by atoms with Crippen molar-refractivity contribution in [2.24, 2.45) is 5.92 Å². The molecule has 0 unspecified atom stereocenters. The molecule has 0 spiro atoms. The maximum Gasteiger partial charge on any atom is 0.238 e. The Morgan fingerprint density at radius 3 is 2.67 bits per heavy atom. The van der Waals surface area contributed by atoms with Gasteiger partial charge in [-0.1, -0.05) is 24.3 Å². The van der Waals surface area contributed by atoms with Crippen LogP contribution in [0.5, 0.6) is 5.88 Å².